The third-order valence-corrected chi connectivity index (χ3v) is 5.84. The highest BCUT2D eigenvalue weighted by molar-refractivity contribution is 5.75. The van der Waals surface area contributed by atoms with Crippen molar-refractivity contribution in [3.63, 3.8) is 0 Å². The number of carbonyl (C=O) groups excluding carboxylic acids is 1. The van der Waals surface area contributed by atoms with Gasteiger partial charge in [0, 0.05) is 30.6 Å². The molecular formula is C18H25N3O. The molecule has 1 saturated carbocycles. The molecule has 1 aromatic rings. The summed E-state index contributed by atoms with van der Waals surface area (Å²) in [6.45, 7) is 2.85. The van der Waals surface area contributed by atoms with Gasteiger partial charge in [0.2, 0.25) is 0 Å². The Hall–Kier alpha value is -1.55. The minimum Gasteiger partial charge on any atom is -0.335 e. The van der Waals surface area contributed by atoms with Crippen LogP contribution in [0.5, 0.6) is 0 Å². The van der Waals surface area contributed by atoms with Crippen molar-refractivity contribution in [2.75, 3.05) is 26.7 Å². The highest BCUT2D eigenvalue weighted by Gasteiger charge is 2.50. The van der Waals surface area contributed by atoms with Gasteiger partial charge in [-0.05, 0) is 44.8 Å². The van der Waals surface area contributed by atoms with Gasteiger partial charge in [0.15, 0.2) is 0 Å². The van der Waals surface area contributed by atoms with Crippen LogP contribution in [0.15, 0.2) is 30.3 Å². The second-order valence-electron chi connectivity index (χ2n) is 7.19. The molecule has 0 aromatic heterocycles. The Labute approximate surface area is 132 Å². The molecule has 4 rings (SSSR count). The van der Waals surface area contributed by atoms with E-state index in [-0.39, 0.29) is 11.4 Å². The van der Waals surface area contributed by atoms with Crippen LogP contribution < -0.4 is 5.32 Å². The molecule has 2 aliphatic heterocycles. The van der Waals surface area contributed by atoms with E-state index in [2.05, 4.69) is 47.6 Å². The fourth-order valence-corrected chi connectivity index (χ4v) is 4.29. The van der Waals surface area contributed by atoms with Crippen molar-refractivity contribution in [3.05, 3.63) is 35.9 Å². The third-order valence-electron chi connectivity index (χ3n) is 5.84. The Bertz CT molecular complexity index is 557. The number of likely N-dealkylation sites (tertiary alicyclic amines) is 2. The molecule has 3 fully saturated rings. The zero-order valence-electron chi connectivity index (χ0n) is 13.3. The van der Waals surface area contributed by atoms with Gasteiger partial charge < -0.3 is 15.1 Å². The summed E-state index contributed by atoms with van der Waals surface area (Å²) < 4.78 is 0. The number of rotatable bonds is 2. The average molecular weight is 299 g/mol. The second-order valence-corrected chi connectivity index (χ2v) is 7.19. The molecule has 0 spiro atoms. The number of piperidine rings is 1. The first kappa shape index (κ1) is 14.1. The lowest BCUT2D eigenvalue weighted by atomic mass is 9.69. The number of hydrogen-bond acceptors (Lipinski definition) is 2. The van der Waals surface area contributed by atoms with E-state index in [4.69, 9.17) is 0 Å². The quantitative estimate of drug-likeness (QED) is 0.909. The molecule has 2 saturated heterocycles. The average Bonchev–Trinajstić information content (AvgIpc) is 3.30. The number of amides is 2. The molecule has 0 bridgehead atoms. The highest BCUT2D eigenvalue weighted by Crippen LogP contribution is 2.45. The summed E-state index contributed by atoms with van der Waals surface area (Å²) in [5.41, 5.74) is 1.68. The van der Waals surface area contributed by atoms with E-state index in [0.29, 0.717) is 12.1 Å². The summed E-state index contributed by atoms with van der Waals surface area (Å²) in [5, 5.41) is 3.14. The highest BCUT2D eigenvalue weighted by atomic mass is 16.2. The van der Waals surface area contributed by atoms with Crippen molar-refractivity contribution in [1.29, 1.82) is 0 Å². The Morgan fingerprint density at radius 1 is 1.18 bits per heavy atom. The van der Waals surface area contributed by atoms with Crippen molar-refractivity contribution in [2.24, 2.45) is 0 Å². The van der Waals surface area contributed by atoms with E-state index in [0.717, 1.165) is 38.9 Å². The first-order chi connectivity index (χ1) is 10.7. The summed E-state index contributed by atoms with van der Waals surface area (Å²) >= 11 is 0. The SMILES string of the molecule is CN1CC[C@]2(c3ccccc3)CCN(C(=O)NC3CC3)C[C@H]12. The van der Waals surface area contributed by atoms with Gasteiger partial charge in [0.05, 0.1) is 0 Å². The normalized spacial score (nSPS) is 31.9. The summed E-state index contributed by atoms with van der Waals surface area (Å²) in [5.74, 6) is 0. The van der Waals surface area contributed by atoms with Crippen molar-refractivity contribution >= 4 is 6.03 Å². The maximum atomic E-state index is 12.4. The molecule has 1 aliphatic carbocycles. The molecule has 22 heavy (non-hydrogen) atoms. The monoisotopic (exact) mass is 299 g/mol. The number of hydrogen-bond donors (Lipinski definition) is 1. The smallest absolute Gasteiger partial charge is 0.317 e. The van der Waals surface area contributed by atoms with Gasteiger partial charge >= 0.3 is 6.03 Å². The van der Waals surface area contributed by atoms with Crippen molar-refractivity contribution in [1.82, 2.24) is 15.1 Å². The number of urea groups is 1. The molecule has 4 nitrogen and oxygen atoms in total. The fraction of sp³-hybridized carbons (Fsp3) is 0.611. The van der Waals surface area contributed by atoms with Crippen LogP contribution in [-0.4, -0.2) is 54.6 Å². The third kappa shape index (κ3) is 2.30. The van der Waals surface area contributed by atoms with Gasteiger partial charge in [0.25, 0.3) is 0 Å². The zero-order chi connectivity index (χ0) is 15.2. The van der Waals surface area contributed by atoms with E-state index in [1.54, 1.807) is 0 Å². The van der Waals surface area contributed by atoms with Crippen molar-refractivity contribution in [2.45, 2.75) is 43.2 Å². The molecule has 2 atom stereocenters. The zero-order valence-corrected chi connectivity index (χ0v) is 13.3. The summed E-state index contributed by atoms with van der Waals surface area (Å²) in [7, 11) is 2.21. The molecule has 118 valence electrons. The molecule has 2 amide bonds. The number of likely N-dealkylation sites (N-methyl/N-ethyl adjacent to an activating group) is 1. The van der Waals surface area contributed by atoms with Crippen LogP contribution in [0.3, 0.4) is 0 Å². The van der Waals surface area contributed by atoms with Crippen LogP contribution >= 0.6 is 0 Å². The number of carbonyl (C=O) groups is 1. The number of fused-ring (bicyclic) bond motifs is 1. The molecule has 0 radical (unpaired) electrons. The molecule has 1 N–H and O–H groups in total. The van der Waals surface area contributed by atoms with E-state index >= 15 is 0 Å². The van der Waals surface area contributed by atoms with Crippen LogP contribution in [0.2, 0.25) is 0 Å². The molecular weight excluding hydrogens is 274 g/mol. The number of benzene rings is 1. The van der Waals surface area contributed by atoms with Crippen LogP contribution in [0.4, 0.5) is 4.79 Å². The van der Waals surface area contributed by atoms with E-state index in [9.17, 15) is 4.79 Å². The Morgan fingerprint density at radius 3 is 2.64 bits per heavy atom. The molecule has 2 heterocycles. The topological polar surface area (TPSA) is 35.6 Å². The van der Waals surface area contributed by atoms with Gasteiger partial charge in [-0.2, -0.15) is 0 Å². The standard InChI is InChI=1S/C18H25N3O/c1-20-11-9-18(14-5-3-2-4-6-14)10-12-21(13-16(18)20)17(22)19-15-7-8-15/h2-6,15-16H,7-13H2,1H3,(H,19,22)/t16-,18+/m0/s1. The second kappa shape index (κ2) is 5.27. The minimum absolute atomic E-state index is 0.143. The van der Waals surface area contributed by atoms with E-state index in [1.807, 2.05) is 4.90 Å². The molecule has 1 aromatic carbocycles. The first-order valence-corrected chi connectivity index (χ1v) is 8.50. The first-order valence-electron chi connectivity index (χ1n) is 8.50. The minimum atomic E-state index is 0.143. The lowest BCUT2D eigenvalue weighted by molar-refractivity contribution is 0.110. The predicted molar refractivity (Wildman–Crippen MR) is 86.9 cm³/mol. The number of nitrogens with zero attached hydrogens (tertiary/aromatic N) is 2. The van der Waals surface area contributed by atoms with Gasteiger partial charge in [-0.25, -0.2) is 4.79 Å². The van der Waals surface area contributed by atoms with Crippen LogP contribution in [-0.2, 0) is 5.41 Å². The van der Waals surface area contributed by atoms with Crippen molar-refractivity contribution in [3.8, 4) is 0 Å². The van der Waals surface area contributed by atoms with Gasteiger partial charge in [0.1, 0.15) is 0 Å². The molecule has 0 unspecified atom stereocenters. The molecule has 3 aliphatic rings. The lowest BCUT2D eigenvalue weighted by Gasteiger charge is -2.46. The van der Waals surface area contributed by atoms with Crippen molar-refractivity contribution < 1.29 is 4.79 Å². The van der Waals surface area contributed by atoms with Gasteiger partial charge in [-0.3, -0.25) is 0 Å². The summed E-state index contributed by atoms with van der Waals surface area (Å²) in [4.78, 5) is 16.9. The number of nitrogens with one attached hydrogen (secondary N) is 1. The maximum absolute atomic E-state index is 12.4. The van der Waals surface area contributed by atoms with Crippen LogP contribution in [0, 0.1) is 0 Å². The summed E-state index contributed by atoms with van der Waals surface area (Å²) in [6.07, 6.45) is 4.58. The summed E-state index contributed by atoms with van der Waals surface area (Å²) in [6, 6.07) is 11.9. The lowest BCUT2D eigenvalue weighted by Crippen LogP contribution is -2.58. The Kier molecular flexibility index (Phi) is 3.37. The fourth-order valence-electron chi connectivity index (χ4n) is 4.29. The predicted octanol–water partition coefficient (Wildman–Crippen LogP) is 2.21. The van der Waals surface area contributed by atoms with Gasteiger partial charge in [-0.15, -0.1) is 0 Å². The largest absolute Gasteiger partial charge is 0.335 e. The van der Waals surface area contributed by atoms with Gasteiger partial charge in [-0.1, -0.05) is 30.3 Å². The Morgan fingerprint density at radius 2 is 1.91 bits per heavy atom. The molecule has 4 heteroatoms. The van der Waals surface area contributed by atoms with Crippen LogP contribution in [0.25, 0.3) is 0 Å². The maximum Gasteiger partial charge on any atom is 0.317 e. The van der Waals surface area contributed by atoms with E-state index in [1.165, 1.54) is 12.0 Å². The van der Waals surface area contributed by atoms with Crippen LogP contribution in [0.1, 0.15) is 31.2 Å². The Balaban J connectivity index is 1.56. The van der Waals surface area contributed by atoms with E-state index < -0.39 is 0 Å².